The van der Waals surface area contributed by atoms with Crippen molar-refractivity contribution in [3.8, 4) is 0 Å². The van der Waals surface area contributed by atoms with Crippen molar-refractivity contribution in [1.29, 1.82) is 0 Å². The topological polar surface area (TPSA) is 38.7 Å². The molecule has 0 saturated heterocycles. The van der Waals surface area contributed by atoms with E-state index in [9.17, 15) is 17.6 Å². The van der Waals surface area contributed by atoms with E-state index in [1.807, 2.05) is 0 Å². The van der Waals surface area contributed by atoms with Gasteiger partial charge in [-0.05, 0) is 18.8 Å². The summed E-state index contributed by atoms with van der Waals surface area (Å²) < 4.78 is 61.0. The standard InChI is InChI=1S/C22H34F4O3S2/c1-3-5-7-9-10-12-14-16(13-11-8-6-4-2)15-30-21-17(23)19(25)22(31-29-28-27)20(26)18(21)24/h16,27H,3-15H2,1-2H3. The number of benzene rings is 1. The molecule has 0 spiro atoms. The second-order valence-electron chi connectivity index (χ2n) is 7.72. The molecule has 9 heteroatoms. The van der Waals surface area contributed by atoms with Crippen LogP contribution in [0, 0.1) is 29.2 Å². The van der Waals surface area contributed by atoms with Gasteiger partial charge in [-0.1, -0.05) is 83.1 Å². The molecule has 1 N–H and O–H groups in total. The Balaban J connectivity index is 2.75. The second-order valence-corrected chi connectivity index (χ2v) is 9.46. The Bertz CT molecular complexity index is 606. The Kier molecular flexibility index (Phi) is 15.7. The van der Waals surface area contributed by atoms with Crippen molar-refractivity contribution in [1.82, 2.24) is 0 Å². The van der Waals surface area contributed by atoms with Gasteiger partial charge in [-0.15, -0.1) is 16.1 Å². The van der Waals surface area contributed by atoms with Crippen LogP contribution in [0.1, 0.15) is 90.9 Å². The number of hydrogen-bond acceptors (Lipinski definition) is 5. The normalized spacial score (nSPS) is 12.5. The zero-order valence-electron chi connectivity index (χ0n) is 18.4. The maximum Gasteiger partial charge on any atom is 0.179 e. The predicted molar refractivity (Wildman–Crippen MR) is 118 cm³/mol. The van der Waals surface area contributed by atoms with E-state index < -0.39 is 33.1 Å². The summed E-state index contributed by atoms with van der Waals surface area (Å²) in [5.41, 5.74) is 0. The minimum Gasteiger partial charge on any atom is -0.220 e. The van der Waals surface area contributed by atoms with E-state index in [-0.39, 0.29) is 18.0 Å². The van der Waals surface area contributed by atoms with Crippen molar-refractivity contribution in [3.63, 3.8) is 0 Å². The molecule has 180 valence electrons. The summed E-state index contributed by atoms with van der Waals surface area (Å²) in [6, 6.07) is 0. The molecule has 0 bridgehead atoms. The molecule has 0 aliphatic rings. The van der Waals surface area contributed by atoms with Crippen molar-refractivity contribution in [2.24, 2.45) is 5.92 Å². The zero-order chi connectivity index (χ0) is 23.1. The summed E-state index contributed by atoms with van der Waals surface area (Å²) in [5.74, 6) is -5.43. The van der Waals surface area contributed by atoms with Gasteiger partial charge in [-0.3, -0.25) is 0 Å². The monoisotopic (exact) mass is 486 g/mol. The molecule has 1 rings (SSSR count). The van der Waals surface area contributed by atoms with Crippen LogP contribution in [-0.4, -0.2) is 11.0 Å². The summed E-state index contributed by atoms with van der Waals surface area (Å²) in [7, 11) is 0. The van der Waals surface area contributed by atoms with Crippen molar-refractivity contribution < 1.29 is 32.2 Å². The quantitative estimate of drug-likeness (QED) is 0.0426. The highest BCUT2D eigenvalue weighted by atomic mass is 32.2. The van der Waals surface area contributed by atoms with Crippen LogP contribution in [0.15, 0.2) is 9.79 Å². The fraction of sp³-hybridized carbons (Fsp3) is 0.727. The Hall–Kier alpha value is -0.480. The van der Waals surface area contributed by atoms with Crippen LogP contribution < -0.4 is 0 Å². The number of rotatable bonds is 18. The van der Waals surface area contributed by atoms with E-state index in [1.54, 1.807) is 0 Å². The lowest BCUT2D eigenvalue weighted by molar-refractivity contribution is -0.432. The summed E-state index contributed by atoms with van der Waals surface area (Å²) >= 11 is 0.676. The second kappa shape index (κ2) is 17.1. The molecule has 1 aromatic carbocycles. The first-order valence-electron chi connectivity index (χ1n) is 11.1. The summed E-state index contributed by atoms with van der Waals surface area (Å²) in [4.78, 5) is -1.71. The summed E-state index contributed by atoms with van der Waals surface area (Å²) in [5, 5.41) is 11.4. The van der Waals surface area contributed by atoms with E-state index in [1.165, 1.54) is 25.7 Å². The number of unbranched alkanes of at least 4 members (excludes halogenated alkanes) is 8. The van der Waals surface area contributed by atoms with Gasteiger partial charge in [0.05, 0.1) is 16.9 Å². The van der Waals surface area contributed by atoms with Gasteiger partial charge in [0.15, 0.2) is 23.3 Å². The highest BCUT2D eigenvalue weighted by Crippen LogP contribution is 2.37. The Morgan fingerprint density at radius 3 is 1.68 bits per heavy atom. The van der Waals surface area contributed by atoms with Crippen LogP contribution in [0.25, 0.3) is 0 Å². The average Bonchev–Trinajstić information content (AvgIpc) is 2.77. The van der Waals surface area contributed by atoms with Crippen LogP contribution in [0.4, 0.5) is 17.6 Å². The average molecular weight is 487 g/mol. The molecular formula is C22H34F4O3S2. The third-order valence-electron chi connectivity index (χ3n) is 5.23. The van der Waals surface area contributed by atoms with Gasteiger partial charge in [-0.2, -0.15) is 0 Å². The van der Waals surface area contributed by atoms with Crippen LogP contribution >= 0.6 is 23.8 Å². The molecule has 1 atom stereocenters. The molecule has 1 aromatic rings. The van der Waals surface area contributed by atoms with E-state index in [4.69, 9.17) is 5.26 Å². The first kappa shape index (κ1) is 28.6. The maximum atomic E-state index is 14.4. The lowest BCUT2D eigenvalue weighted by atomic mass is 9.96. The fourth-order valence-corrected chi connectivity index (χ4v) is 5.02. The minimum atomic E-state index is -1.57. The SMILES string of the molecule is CCCCCCCCC(CCCCCC)CSc1c(F)c(F)c(SOOO)c(F)c1F. The molecular weight excluding hydrogens is 452 g/mol. The van der Waals surface area contributed by atoms with E-state index in [2.05, 4.69) is 23.2 Å². The largest absolute Gasteiger partial charge is 0.220 e. The molecule has 3 nitrogen and oxygen atoms in total. The van der Waals surface area contributed by atoms with E-state index >= 15 is 0 Å². The van der Waals surface area contributed by atoms with Gasteiger partial charge in [-0.25, -0.2) is 22.8 Å². The summed E-state index contributed by atoms with van der Waals surface area (Å²) in [6.45, 7) is 4.31. The molecule has 0 fully saturated rings. The molecule has 0 amide bonds. The van der Waals surface area contributed by atoms with Gasteiger partial charge in [0.2, 0.25) is 0 Å². The number of halogens is 4. The number of thioether (sulfide) groups is 1. The predicted octanol–water partition coefficient (Wildman–Crippen LogP) is 9.10. The molecule has 0 aliphatic heterocycles. The third-order valence-corrected chi connectivity index (χ3v) is 7.16. The maximum absolute atomic E-state index is 14.4. The smallest absolute Gasteiger partial charge is 0.179 e. The molecule has 0 saturated carbocycles. The van der Waals surface area contributed by atoms with Gasteiger partial charge < -0.3 is 0 Å². The fourth-order valence-electron chi connectivity index (χ4n) is 3.43. The number of hydrogen-bond donors (Lipinski definition) is 1. The Labute approximate surface area is 191 Å². The summed E-state index contributed by atoms with van der Waals surface area (Å²) in [6.07, 6.45) is 13.3. The zero-order valence-corrected chi connectivity index (χ0v) is 20.0. The van der Waals surface area contributed by atoms with Crippen LogP contribution in [-0.2, 0) is 9.37 Å². The van der Waals surface area contributed by atoms with Crippen LogP contribution in [0.5, 0.6) is 0 Å². The Morgan fingerprint density at radius 2 is 1.16 bits per heavy atom. The first-order chi connectivity index (χ1) is 15.0. The third kappa shape index (κ3) is 10.3. The van der Waals surface area contributed by atoms with Gasteiger partial charge in [0, 0.05) is 5.75 Å². The molecule has 1 unspecified atom stereocenters. The van der Waals surface area contributed by atoms with Crippen molar-refractivity contribution >= 4 is 23.8 Å². The molecule has 0 aromatic heterocycles. The van der Waals surface area contributed by atoms with Crippen molar-refractivity contribution in [3.05, 3.63) is 23.3 Å². The Morgan fingerprint density at radius 1 is 0.710 bits per heavy atom. The van der Waals surface area contributed by atoms with Crippen LogP contribution in [0.2, 0.25) is 0 Å². The van der Waals surface area contributed by atoms with Gasteiger partial charge in [0.1, 0.15) is 4.90 Å². The van der Waals surface area contributed by atoms with Gasteiger partial charge in [0.25, 0.3) is 0 Å². The highest BCUT2D eigenvalue weighted by molar-refractivity contribution is 7.99. The lowest BCUT2D eigenvalue weighted by Crippen LogP contribution is -2.07. The van der Waals surface area contributed by atoms with E-state index in [0.717, 1.165) is 63.1 Å². The molecule has 0 aliphatic carbocycles. The molecule has 0 heterocycles. The van der Waals surface area contributed by atoms with Crippen LogP contribution in [0.3, 0.4) is 0 Å². The minimum absolute atomic E-state index is 0.142. The van der Waals surface area contributed by atoms with Crippen molar-refractivity contribution in [2.75, 3.05) is 5.75 Å². The first-order valence-corrected chi connectivity index (χ1v) is 12.8. The molecule has 0 radical (unpaired) electrons. The molecule has 31 heavy (non-hydrogen) atoms. The highest BCUT2D eigenvalue weighted by Gasteiger charge is 2.27. The lowest BCUT2D eigenvalue weighted by Gasteiger charge is -2.18. The van der Waals surface area contributed by atoms with E-state index in [0.29, 0.717) is 5.75 Å². The van der Waals surface area contributed by atoms with Crippen molar-refractivity contribution in [2.45, 2.75) is 101 Å². The van der Waals surface area contributed by atoms with Gasteiger partial charge >= 0.3 is 0 Å².